The largest absolute Gasteiger partial charge is 0.378 e. The van der Waals surface area contributed by atoms with Crippen LogP contribution in [0.15, 0.2) is 30.3 Å². The second-order valence-corrected chi connectivity index (χ2v) is 6.99. The summed E-state index contributed by atoms with van der Waals surface area (Å²) in [6.45, 7) is 3.97. The summed E-state index contributed by atoms with van der Waals surface area (Å²) in [4.78, 5) is 0. The summed E-state index contributed by atoms with van der Waals surface area (Å²) in [6.07, 6.45) is 0.0382. The van der Waals surface area contributed by atoms with Crippen molar-refractivity contribution in [2.45, 2.75) is 26.0 Å². The highest BCUT2D eigenvalue weighted by Crippen LogP contribution is 2.16. The van der Waals surface area contributed by atoms with Crippen LogP contribution in [-0.2, 0) is 14.8 Å². The number of rotatable bonds is 8. The Hall–Kier alpha value is -0.430. The molecule has 19 heavy (non-hydrogen) atoms. The molecular formula is C13H20BrNO3S. The first-order valence-corrected chi connectivity index (χ1v) is 8.94. The highest BCUT2D eigenvalue weighted by atomic mass is 79.9. The summed E-state index contributed by atoms with van der Waals surface area (Å²) in [7, 11) is -3.34. The molecular weight excluding hydrogens is 330 g/mol. The lowest BCUT2D eigenvalue weighted by Crippen LogP contribution is -2.33. The molecule has 1 atom stereocenters. The van der Waals surface area contributed by atoms with Gasteiger partial charge in [0, 0.05) is 5.33 Å². The van der Waals surface area contributed by atoms with Crippen molar-refractivity contribution >= 4 is 26.0 Å². The van der Waals surface area contributed by atoms with Crippen molar-refractivity contribution in [1.29, 1.82) is 0 Å². The lowest BCUT2D eigenvalue weighted by molar-refractivity contribution is 0.0911. The Bertz CT molecular complexity index is 462. The van der Waals surface area contributed by atoms with Crippen molar-refractivity contribution in [2.24, 2.45) is 0 Å². The molecule has 1 rings (SSSR count). The van der Waals surface area contributed by atoms with Gasteiger partial charge in [0.1, 0.15) is 0 Å². The van der Waals surface area contributed by atoms with Crippen molar-refractivity contribution in [3.05, 3.63) is 35.9 Å². The summed E-state index contributed by atoms with van der Waals surface area (Å²) < 4.78 is 31.8. The van der Waals surface area contributed by atoms with Gasteiger partial charge in [-0.3, -0.25) is 0 Å². The van der Waals surface area contributed by atoms with E-state index in [0.29, 0.717) is 5.33 Å². The van der Waals surface area contributed by atoms with Gasteiger partial charge in [-0.2, -0.15) is 0 Å². The highest BCUT2D eigenvalue weighted by molar-refractivity contribution is 9.09. The van der Waals surface area contributed by atoms with Crippen LogP contribution in [0.3, 0.4) is 0 Å². The van der Waals surface area contributed by atoms with Gasteiger partial charge < -0.3 is 4.74 Å². The Labute approximate surface area is 123 Å². The SMILES string of the molecule is CC(C)OCCS(=O)(=O)NC(CBr)c1ccccc1. The molecule has 0 heterocycles. The summed E-state index contributed by atoms with van der Waals surface area (Å²) in [5.74, 6) is -0.0263. The molecule has 0 spiro atoms. The molecule has 4 nitrogen and oxygen atoms in total. The van der Waals surface area contributed by atoms with Crippen molar-refractivity contribution in [2.75, 3.05) is 17.7 Å². The topological polar surface area (TPSA) is 55.4 Å². The molecule has 0 radical (unpaired) electrons. The molecule has 0 aliphatic rings. The van der Waals surface area contributed by atoms with Gasteiger partial charge in [-0.05, 0) is 19.4 Å². The van der Waals surface area contributed by atoms with E-state index in [1.165, 1.54) is 0 Å². The van der Waals surface area contributed by atoms with Gasteiger partial charge in [0.05, 0.1) is 24.5 Å². The Kier molecular flexibility index (Phi) is 6.99. The number of hydrogen-bond donors (Lipinski definition) is 1. The third-order valence-electron chi connectivity index (χ3n) is 2.48. The number of sulfonamides is 1. The van der Waals surface area contributed by atoms with E-state index in [0.717, 1.165) is 5.56 Å². The lowest BCUT2D eigenvalue weighted by Gasteiger charge is -2.17. The Morgan fingerprint density at radius 2 is 1.89 bits per heavy atom. The molecule has 0 amide bonds. The zero-order valence-corrected chi connectivity index (χ0v) is 13.6. The zero-order chi connectivity index (χ0) is 14.3. The second-order valence-electron chi connectivity index (χ2n) is 4.47. The Morgan fingerprint density at radius 1 is 1.26 bits per heavy atom. The number of halogens is 1. The molecule has 108 valence electrons. The van der Waals surface area contributed by atoms with Crippen LogP contribution >= 0.6 is 15.9 Å². The van der Waals surface area contributed by atoms with Gasteiger partial charge in [-0.25, -0.2) is 13.1 Å². The van der Waals surface area contributed by atoms with Crippen LogP contribution in [0, 0.1) is 0 Å². The fourth-order valence-corrected chi connectivity index (χ4v) is 3.38. The van der Waals surface area contributed by atoms with E-state index in [4.69, 9.17) is 4.74 Å². The average Bonchev–Trinajstić information content (AvgIpc) is 2.36. The van der Waals surface area contributed by atoms with Gasteiger partial charge in [-0.1, -0.05) is 46.3 Å². The van der Waals surface area contributed by atoms with Gasteiger partial charge in [-0.15, -0.1) is 0 Å². The molecule has 1 unspecified atom stereocenters. The van der Waals surface area contributed by atoms with E-state index in [9.17, 15) is 8.42 Å². The van der Waals surface area contributed by atoms with E-state index in [1.807, 2.05) is 44.2 Å². The molecule has 1 N–H and O–H groups in total. The van der Waals surface area contributed by atoms with Crippen molar-refractivity contribution in [1.82, 2.24) is 4.72 Å². The maximum Gasteiger partial charge on any atom is 0.214 e. The molecule has 0 aliphatic carbocycles. The Morgan fingerprint density at radius 3 is 2.42 bits per heavy atom. The van der Waals surface area contributed by atoms with Crippen LogP contribution in [0.1, 0.15) is 25.5 Å². The maximum atomic E-state index is 11.9. The predicted octanol–water partition coefficient (Wildman–Crippen LogP) is 2.47. The van der Waals surface area contributed by atoms with Crippen molar-refractivity contribution in [3.63, 3.8) is 0 Å². The molecule has 0 aliphatic heterocycles. The third-order valence-corrected chi connectivity index (χ3v) is 4.48. The maximum absolute atomic E-state index is 11.9. The van der Waals surface area contributed by atoms with Crippen LogP contribution in [0.2, 0.25) is 0 Å². The smallest absolute Gasteiger partial charge is 0.214 e. The van der Waals surface area contributed by atoms with Crippen LogP contribution in [0.25, 0.3) is 0 Å². The lowest BCUT2D eigenvalue weighted by atomic mass is 10.1. The minimum atomic E-state index is -3.34. The van der Waals surface area contributed by atoms with E-state index < -0.39 is 10.0 Å². The second kappa shape index (κ2) is 7.99. The van der Waals surface area contributed by atoms with E-state index in [1.54, 1.807) is 0 Å². The quantitative estimate of drug-likeness (QED) is 0.733. The summed E-state index contributed by atoms with van der Waals surface area (Å²) >= 11 is 3.34. The van der Waals surface area contributed by atoms with E-state index in [-0.39, 0.29) is 24.5 Å². The number of alkyl halides is 1. The molecule has 6 heteroatoms. The van der Waals surface area contributed by atoms with E-state index in [2.05, 4.69) is 20.7 Å². The molecule has 1 aromatic carbocycles. The van der Waals surface area contributed by atoms with Crippen LogP contribution in [0.5, 0.6) is 0 Å². The van der Waals surface area contributed by atoms with Gasteiger partial charge in [0.2, 0.25) is 10.0 Å². The average molecular weight is 350 g/mol. The summed E-state index contributed by atoms with van der Waals surface area (Å²) in [5.41, 5.74) is 0.938. The highest BCUT2D eigenvalue weighted by Gasteiger charge is 2.18. The predicted molar refractivity (Wildman–Crippen MR) is 81.0 cm³/mol. The van der Waals surface area contributed by atoms with E-state index >= 15 is 0 Å². The molecule has 0 bridgehead atoms. The first kappa shape index (κ1) is 16.6. The molecule has 1 aromatic rings. The van der Waals surface area contributed by atoms with Gasteiger partial charge >= 0.3 is 0 Å². The van der Waals surface area contributed by atoms with Crippen LogP contribution in [-0.4, -0.2) is 32.2 Å². The minimum Gasteiger partial charge on any atom is -0.378 e. The standard InChI is InChI=1S/C13H20BrNO3S/c1-11(2)18-8-9-19(16,17)15-13(10-14)12-6-4-3-5-7-12/h3-7,11,13,15H,8-10H2,1-2H3. The summed E-state index contributed by atoms with van der Waals surface area (Å²) in [6, 6.07) is 9.23. The van der Waals surface area contributed by atoms with Crippen LogP contribution < -0.4 is 4.72 Å². The third kappa shape index (κ3) is 6.51. The number of hydrogen-bond acceptors (Lipinski definition) is 3. The number of benzene rings is 1. The monoisotopic (exact) mass is 349 g/mol. The first-order chi connectivity index (χ1) is 8.94. The molecule has 0 aromatic heterocycles. The first-order valence-electron chi connectivity index (χ1n) is 6.17. The molecule has 0 saturated carbocycles. The van der Waals surface area contributed by atoms with Gasteiger partial charge in [0.25, 0.3) is 0 Å². The minimum absolute atomic E-state index is 0.0263. The van der Waals surface area contributed by atoms with Crippen molar-refractivity contribution < 1.29 is 13.2 Å². The van der Waals surface area contributed by atoms with Gasteiger partial charge in [0.15, 0.2) is 0 Å². The van der Waals surface area contributed by atoms with Crippen molar-refractivity contribution in [3.8, 4) is 0 Å². The number of ether oxygens (including phenoxy) is 1. The number of nitrogens with one attached hydrogen (secondary N) is 1. The Balaban J connectivity index is 2.60. The van der Waals surface area contributed by atoms with Crippen LogP contribution in [0.4, 0.5) is 0 Å². The fraction of sp³-hybridized carbons (Fsp3) is 0.538. The molecule has 0 saturated heterocycles. The zero-order valence-electron chi connectivity index (χ0n) is 11.2. The molecule has 0 fully saturated rings. The summed E-state index contributed by atoms with van der Waals surface area (Å²) in [5, 5.41) is 0.529. The fourth-order valence-electron chi connectivity index (χ4n) is 1.54. The normalized spacial score (nSPS) is 13.7.